The van der Waals surface area contributed by atoms with Crippen LogP contribution in [0.15, 0.2) is 42.5 Å². The summed E-state index contributed by atoms with van der Waals surface area (Å²) in [6, 6.07) is 12.5. The van der Waals surface area contributed by atoms with Crippen molar-refractivity contribution in [2.45, 2.75) is 13.5 Å². The fourth-order valence-corrected chi connectivity index (χ4v) is 1.79. The predicted molar refractivity (Wildman–Crippen MR) is 71.5 cm³/mol. The van der Waals surface area contributed by atoms with Gasteiger partial charge in [-0.25, -0.2) is 4.39 Å². The average molecular weight is 245 g/mol. The van der Waals surface area contributed by atoms with Crippen LogP contribution in [0.3, 0.4) is 0 Å². The average Bonchev–Trinajstić information content (AvgIpc) is 2.37. The van der Waals surface area contributed by atoms with E-state index in [9.17, 15) is 4.39 Å². The van der Waals surface area contributed by atoms with E-state index < -0.39 is 0 Å². The summed E-state index contributed by atoms with van der Waals surface area (Å²) < 4.78 is 18.3. The summed E-state index contributed by atoms with van der Waals surface area (Å²) in [4.78, 5) is 0. The Morgan fingerprint density at radius 2 is 2.00 bits per heavy atom. The van der Waals surface area contributed by atoms with Gasteiger partial charge < -0.3 is 10.1 Å². The standard InChI is InChI=1S/C15H16FNO/c1-11-6-7-14(15(8-11)18-2)17-10-12-4-3-5-13(16)9-12/h3-9,17H,10H2,1-2H3. The van der Waals surface area contributed by atoms with E-state index in [2.05, 4.69) is 5.32 Å². The van der Waals surface area contributed by atoms with Gasteiger partial charge in [0.05, 0.1) is 12.8 Å². The monoisotopic (exact) mass is 245 g/mol. The van der Waals surface area contributed by atoms with Crippen LogP contribution in [0, 0.1) is 12.7 Å². The lowest BCUT2D eigenvalue weighted by molar-refractivity contribution is 0.416. The van der Waals surface area contributed by atoms with Crippen LogP contribution in [0.2, 0.25) is 0 Å². The molecule has 2 nitrogen and oxygen atoms in total. The third-order valence-corrected chi connectivity index (χ3v) is 2.73. The molecule has 0 bridgehead atoms. The van der Waals surface area contributed by atoms with Crippen LogP contribution >= 0.6 is 0 Å². The van der Waals surface area contributed by atoms with E-state index in [0.29, 0.717) is 6.54 Å². The molecule has 0 radical (unpaired) electrons. The first-order valence-electron chi connectivity index (χ1n) is 5.82. The molecule has 18 heavy (non-hydrogen) atoms. The van der Waals surface area contributed by atoms with Crippen LogP contribution in [-0.2, 0) is 6.54 Å². The molecule has 0 aromatic heterocycles. The van der Waals surface area contributed by atoms with Crippen molar-refractivity contribution in [3.8, 4) is 5.75 Å². The van der Waals surface area contributed by atoms with Crippen LogP contribution in [0.5, 0.6) is 5.75 Å². The van der Waals surface area contributed by atoms with E-state index in [4.69, 9.17) is 4.74 Å². The molecule has 0 atom stereocenters. The fraction of sp³-hybridized carbons (Fsp3) is 0.200. The third-order valence-electron chi connectivity index (χ3n) is 2.73. The number of halogens is 1. The van der Waals surface area contributed by atoms with Gasteiger partial charge in [0.2, 0.25) is 0 Å². The maximum Gasteiger partial charge on any atom is 0.142 e. The molecule has 0 aliphatic rings. The summed E-state index contributed by atoms with van der Waals surface area (Å²) in [5.74, 6) is 0.580. The molecule has 0 fully saturated rings. The second-order valence-electron chi connectivity index (χ2n) is 4.19. The van der Waals surface area contributed by atoms with E-state index in [-0.39, 0.29) is 5.82 Å². The van der Waals surface area contributed by atoms with Crippen LogP contribution in [0.4, 0.5) is 10.1 Å². The molecule has 0 saturated carbocycles. The molecule has 0 heterocycles. The molecule has 2 aromatic rings. The number of aryl methyl sites for hydroxylation is 1. The second kappa shape index (κ2) is 5.54. The Balaban J connectivity index is 2.10. The van der Waals surface area contributed by atoms with Crippen molar-refractivity contribution in [2.75, 3.05) is 12.4 Å². The number of hydrogen-bond acceptors (Lipinski definition) is 2. The molecule has 3 heteroatoms. The van der Waals surface area contributed by atoms with Gasteiger partial charge >= 0.3 is 0 Å². The Bertz CT molecular complexity index is 540. The lowest BCUT2D eigenvalue weighted by Gasteiger charge is -2.12. The predicted octanol–water partition coefficient (Wildman–Crippen LogP) is 3.75. The molecule has 2 rings (SSSR count). The normalized spacial score (nSPS) is 10.2. The number of ether oxygens (including phenoxy) is 1. The largest absolute Gasteiger partial charge is 0.495 e. The molecule has 0 amide bonds. The molecule has 0 aliphatic heterocycles. The minimum absolute atomic E-state index is 0.217. The highest BCUT2D eigenvalue weighted by Gasteiger charge is 2.03. The fourth-order valence-electron chi connectivity index (χ4n) is 1.79. The second-order valence-corrected chi connectivity index (χ2v) is 4.19. The maximum atomic E-state index is 13.0. The highest BCUT2D eigenvalue weighted by atomic mass is 19.1. The Labute approximate surface area is 106 Å². The highest BCUT2D eigenvalue weighted by molar-refractivity contribution is 5.57. The summed E-state index contributed by atoms with van der Waals surface area (Å²) in [6.45, 7) is 2.58. The van der Waals surface area contributed by atoms with Gasteiger partial charge in [-0.3, -0.25) is 0 Å². The maximum absolute atomic E-state index is 13.0. The van der Waals surface area contributed by atoms with Gasteiger partial charge in [-0.15, -0.1) is 0 Å². The molecule has 2 aromatic carbocycles. The Morgan fingerprint density at radius 1 is 1.17 bits per heavy atom. The topological polar surface area (TPSA) is 21.3 Å². The molecular weight excluding hydrogens is 229 g/mol. The number of benzene rings is 2. The van der Waals surface area contributed by atoms with Crippen molar-refractivity contribution in [1.29, 1.82) is 0 Å². The summed E-state index contributed by atoms with van der Waals surface area (Å²) in [5, 5.41) is 3.24. The first kappa shape index (κ1) is 12.4. The molecule has 94 valence electrons. The van der Waals surface area contributed by atoms with E-state index in [1.165, 1.54) is 12.1 Å². The van der Waals surface area contributed by atoms with Crippen molar-refractivity contribution >= 4 is 5.69 Å². The van der Waals surface area contributed by atoms with Gasteiger partial charge in [0.15, 0.2) is 0 Å². The van der Waals surface area contributed by atoms with Crippen LogP contribution in [0.1, 0.15) is 11.1 Å². The van der Waals surface area contributed by atoms with Crippen molar-refractivity contribution in [1.82, 2.24) is 0 Å². The molecule has 0 unspecified atom stereocenters. The number of anilines is 1. The van der Waals surface area contributed by atoms with Crippen molar-refractivity contribution < 1.29 is 9.13 Å². The summed E-state index contributed by atoms with van der Waals surface area (Å²) in [6.07, 6.45) is 0. The van der Waals surface area contributed by atoms with Crippen molar-refractivity contribution in [3.63, 3.8) is 0 Å². The zero-order valence-electron chi connectivity index (χ0n) is 10.5. The number of methoxy groups -OCH3 is 1. The lowest BCUT2D eigenvalue weighted by atomic mass is 10.2. The van der Waals surface area contributed by atoms with Gasteiger partial charge in [-0.2, -0.15) is 0 Å². The van der Waals surface area contributed by atoms with Gasteiger partial charge in [-0.05, 0) is 42.3 Å². The number of hydrogen-bond donors (Lipinski definition) is 1. The zero-order chi connectivity index (χ0) is 13.0. The van der Waals surface area contributed by atoms with Gasteiger partial charge in [0.25, 0.3) is 0 Å². The van der Waals surface area contributed by atoms with Gasteiger partial charge in [0, 0.05) is 6.54 Å². The molecule has 0 aliphatic carbocycles. The first-order chi connectivity index (χ1) is 8.69. The molecule has 0 saturated heterocycles. The summed E-state index contributed by atoms with van der Waals surface area (Å²) >= 11 is 0. The summed E-state index contributed by atoms with van der Waals surface area (Å²) in [5.41, 5.74) is 2.95. The zero-order valence-corrected chi connectivity index (χ0v) is 10.5. The van der Waals surface area contributed by atoms with E-state index in [0.717, 1.165) is 22.6 Å². The van der Waals surface area contributed by atoms with E-state index in [1.54, 1.807) is 13.2 Å². The van der Waals surface area contributed by atoms with E-state index in [1.807, 2.05) is 31.2 Å². The summed E-state index contributed by atoms with van der Waals surface area (Å²) in [7, 11) is 1.64. The minimum atomic E-state index is -0.217. The molecular formula is C15H16FNO. The Hall–Kier alpha value is -2.03. The van der Waals surface area contributed by atoms with Crippen LogP contribution in [0.25, 0.3) is 0 Å². The van der Waals surface area contributed by atoms with Crippen LogP contribution in [-0.4, -0.2) is 7.11 Å². The SMILES string of the molecule is COc1cc(C)ccc1NCc1cccc(F)c1. The Morgan fingerprint density at radius 3 is 2.72 bits per heavy atom. The van der Waals surface area contributed by atoms with Crippen LogP contribution < -0.4 is 10.1 Å². The quantitative estimate of drug-likeness (QED) is 0.885. The number of rotatable bonds is 4. The molecule has 0 spiro atoms. The smallest absolute Gasteiger partial charge is 0.142 e. The minimum Gasteiger partial charge on any atom is -0.495 e. The van der Waals surface area contributed by atoms with Gasteiger partial charge in [-0.1, -0.05) is 18.2 Å². The van der Waals surface area contributed by atoms with E-state index >= 15 is 0 Å². The third kappa shape index (κ3) is 3.00. The number of nitrogens with one attached hydrogen (secondary N) is 1. The van der Waals surface area contributed by atoms with Crippen molar-refractivity contribution in [3.05, 3.63) is 59.4 Å². The van der Waals surface area contributed by atoms with Gasteiger partial charge in [0.1, 0.15) is 11.6 Å². The van der Waals surface area contributed by atoms with Crippen molar-refractivity contribution in [2.24, 2.45) is 0 Å². The highest BCUT2D eigenvalue weighted by Crippen LogP contribution is 2.25. The lowest BCUT2D eigenvalue weighted by Crippen LogP contribution is -2.01. The molecule has 1 N–H and O–H groups in total. The Kier molecular flexibility index (Phi) is 3.82. The first-order valence-corrected chi connectivity index (χ1v) is 5.82.